The summed E-state index contributed by atoms with van der Waals surface area (Å²) in [5.41, 5.74) is 0. The van der Waals surface area contributed by atoms with Gasteiger partial charge < -0.3 is 14.5 Å². The molecule has 0 fully saturated rings. The maximum absolute atomic E-state index is 5.25. The van der Waals surface area contributed by atoms with E-state index in [9.17, 15) is 0 Å². The summed E-state index contributed by atoms with van der Waals surface area (Å²) in [4.78, 5) is 0. The summed E-state index contributed by atoms with van der Waals surface area (Å²) in [6.07, 6.45) is 2.82. The molecule has 1 heterocycles. The average molecular weight is 243 g/mol. The van der Waals surface area contributed by atoms with Crippen LogP contribution < -0.4 is 5.32 Å². The van der Waals surface area contributed by atoms with Crippen LogP contribution >= 0.6 is 11.8 Å². The smallest absolute Gasteiger partial charge is 0.113 e. The van der Waals surface area contributed by atoms with Gasteiger partial charge in [0.15, 0.2) is 0 Å². The second kappa shape index (κ2) is 9.75. The van der Waals surface area contributed by atoms with Gasteiger partial charge in [-0.1, -0.05) is 0 Å². The molecule has 16 heavy (non-hydrogen) atoms. The number of rotatable bonds is 10. The van der Waals surface area contributed by atoms with Crippen molar-refractivity contribution in [2.75, 3.05) is 32.1 Å². The van der Waals surface area contributed by atoms with Gasteiger partial charge in [-0.25, -0.2) is 0 Å². The first-order valence-corrected chi connectivity index (χ1v) is 6.97. The highest BCUT2D eigenvalue weighted by Crippen LogP contribution is 2.11. The number of thioether (sulfide) groups is 1. The van der Waals surface area contributed by atoms with E-state index in [0.29, 0.717) is 0 Å². The lowest BCUT2D eigenvalue weighted by Gasteiger charge is -2.04. The van der Waals surface area contributed by atoms with Gasteiger partial charge in [-0.2, -0.15) is 11.8 Å². The Labute approximate surface area is 102 Å². The molecular weight excluding hydrogens is 222 g/mol. The van der Waals surface area contributed by atoms with E-state index >= 15 is 0 Å². The maximum atomic E-state index is 5.25. The van der Waals surface area contributed by atoms with Gasteiger partial charge in [0.1, 0.15) is 5.76 Å². The second-order valence-corrected chi connectivity index (χ2v) is 4.54. The third-order valence-corrected chi connectivity index (χ3v) is 3.08. The molecular formula is C12H21NO2S. The van der Waals surface area contributed by atoms with Gasteiger partial charge >= 0.3 is 0 Å². The Morgan fingerprint density at radius 2 is 2.38 bits per heavy atom. The van der Waals surface area contributed by atoms with Crippen molar-refractivity contribution in [3.05, 3.63) is 24.2 Å². The van der Waals surface area contributed by atoms with Crippen LogP contribution in [0.4, 0.5) is 0 Å². The summed E-state index contributed by atoms with van der Waals surface area (Å²) in [6.45, 7) is 5.81. The molecule has 0 atom stereocenters. The Morgan fingerprint density at radius 1 is 1.44 bits per heavy atom. The van der Waals surface area contributed by atoms with E-state index in [2.05, 4.69) is 5.32 Å². The van der Waals surface area contributed by atoms with Crippen molar-refractivity contribution in [3.8, 4) is 0 Å². The van der Waals surface area contributed by atoms with Gasteiger partial charge in [0.25, 0.3) is 0 Å². The zero-order valence-electron chi connectivity index (χ0n) is 9.91. The van der Waals surface area contributed by atoms with Crippen LogP contribution in [-0.4, -0.2) is 32.1 Å². The molecule has 4 heteroatoms. The zero-order chi connectivity index (χ0) is 11.5. The summed E-state index contributed by atoms with van der Waals surface area (Å²) in [5.74, 6) is 3.14. The van der Waals surface area contributed by atoms with Gasteiger partial charge in [0.2, 0.25) is 0 Å². The van der Waals surface area contributed by atoms with Crippen LogP contribution in [0.3, 0.4) is 0 Å². The summed E-state index contributed by atoms with van der Waals surface area (Å²) < 4.78 is 10.5. The van der Waals surface area contributed by atoms with E-state index in [1.165, 1.54) is 0 Å². The lowest BCUT2D eigenvalue weighted by molar-refractivity contribution is 0.145. The lowest BCUT2D eigenvalue weighted by atomic mass is 10.4. The van der Waals surface area contributed by atoms with Crippen LogP contribution in [0.2, 0.25) is 0 Å². The largest absolute Gasteiger partial charge is 0.468 e. The van der Waals surface area contributed by atoms with Crippen molar-refractivity contribution >= 4 is 11.8 Å². The number of hydrogen-bond donors (Lipinski definition) is 1. The van der Waals surface area contributed by atoms with E-state index in [4.69, 9.17) is 9.15 Å². The first kappa shape index (κ1) is 13.6. The molecule has 1 aromatic heterocycles. The predicted molar refractivity (Wildman–Crippen MR) is 68.8 cm³/mol. The van der Waals surface area contributed by atoms with Gasteiger partial charge in [-0.3, -0.25) is 0 Å². The minimum atomic E-state index is 0.818. The molecule has 3 nitrogen and oxygen atoms in total. The fourth-order valence-corrected chi connectivity index (χ4v) is 2.08. The first-order chi connectivity index (χ1) is 7.93. The van der Waals surface area contributed by atoms with Crippen molar-refractivity contribution < 1.29 is 9.15 Å². The second-order valence-electron chi connectivity index (χ2n) is 3.43. The van der Waals surface area contributed by atoms with E-state index in [0.717, 1.165) is 50.0 Å². The van der Waals surface area contributed by atoms with Crippen molar-refractivity contribution in [1.82, 2.24) is 5.32 Å². The fraction of sp³-hybridized carbons (Fsp3) is 0.667. The molecule has 92 valence electrons. The number of furan rings is 1. The van der Waals surface area contributed by atoms with Crippen molar-refractivity contribution in [1.29, 1.82) is 0 Å². The minimum Gasteiger partial charge on any atom is -0.468 e. The van der Waals surface area contributed by atoms with Gasteiger partial charge in [0.05, 0.1) is 12.0 Å². The molecule has 0 aliphatic heterocycles. The Morgan fingerprint density at radius 3 is 3.12 bits per heavy atom. The molecule has 0 saturated heterocycles. The van der Waals surface area contributed by atoms with Crippen LogP contribution in [0, 0.1) is 0 Å². The molecule has 0 saturated carbocycles. The predicted octanol–water partition coefficient (Wildman–Crippen LogP) is 2.53. The van der Waals surface area contributed by atoms with Crippen molar-refractivity contribution in [3.63, 3.8) is 0 Å². The third-order valence-electron chi connectivity index (χ3n) is 2.09. The van der Waals surface area contributed by atoms with Crippen LogP contribution in [0.15, 0.2) is 22.8 Å². The van der Waals surface area contributed by atoms with Gasteiger partial charge in [0, 0.05) is 25.5 Å². The van der Waals surface area contributed by atoms with Crippen molar-refractivity contribution in [2.24, 2.45) is 0 Å². The van der Waals surface area contributed by atoms with Gasteiger partial charge in [-0.05, 0) is 32.0 Å². The van der Waals surface area contributed by atoms with E-state index in [1.807, 2.05) is 30.8 Å². The monoisotopic (exact) mass is 243 g/mol. The van der Waals surface area contributed by atoms with Crippen LogP contribution in [0.5, 0.6) is 0 Å². The molecule has 0 bridgehead atoms. The summed E-state index contributed by atoms with van der Waals surface area (Å²) in [7, 11) is 0. The molecule has 0 amide bonds. The molecule has 0 spiro atoms. The quantitative estimate of drug-likeness (QED) is 0.640. The number of ether oxygens (including phenoxy) is 1. The third kappa shape index (κ3) is 6.93. The SMILES string of the molecule is CCOCCCNCCSCc1ccco1. The topological polar surface area (TPSA) is 34.4 Å². The van der Waals surface area contributed by atoms with Crippen LogP contribution in [0.1, 0.15) is 19.1 Å². The standard InChI is InChI=1S/C12H21NO2S/c1-2-14-8-4-6-13-7-10-16-11-12-5-3-9-15-12/h3,5,9,13H,2,4,6-8,10-11H2,1H3. The summed E-state index contributed by atoms with van der Waals surface area (Å²) in [6, 6.07) is 3.95. The summed E-state index contributed by atoms with van der Waals surface area (Å²) >= 11 is 1.89. The molecule has 1 aromatic rings. The Kier molecular flexibility index (Phi) is 8.30. The normalized spacial score (nSPS) is 10.8. The van der Waals surface area contributed by atoms with E-state index < -0.39 is 0 Å². The number of nitrogens with one attached hydrogen (secondary N) is 1. The number of hydrogen-bond acceptors (Lipinski definition) is 4. The Hall–Kier alpha value is -0.450. The molecule has 0 aliphatic rings. The molecule has 0 aliphatic carbocycles. The zero-order valence-corrected chi connectivity index (χ0v) is 10.7. The average Bonchev–Trinajstić information content (AvgIpc) is 2.80. The van der Waals surface area contributed by atoms with Crippen LogP contribution in [-0.2, 0) is 10.5 Å². The molecule has 0 aromatic carbocycles. The lowest BCUT2D eigenvalue weighted by Crippen LogP contribution is -2.19. The Balaban J connectivity index is 1.78. The van der Waals surface area contributed by atoms with E-state index in [-0.39, 0.29) is 0 Å². The fourth-order valence-electron chi connectivity index (χ4n) is 1.28. The maximum Gasteiger partial charge on any atom is 0.113 e. The van der Waals surface area contributed by atoms with Gasteiger partial charge in [-0.15, -0.1) is 0 Å². The molecule has 0 radical (unpaired) electrons. The minimum absolute atomic E-state index is 0.818. The Bertz CT molecular complexity index is 239. The highest BCUT2D eigenvalue weighted by Gasteiger charge is 1.95. The molecule has 1 N–H and O–H groups in total. The molecule has 0 unspecified atom stereocenters. The highest BCUT2D eigenvalue weighted by molar-refractivity contribution is 7.98. The highest BCUT2D eigenvalue weighted by atomic mass is 32.2. The summed E-state index contributed by atoms with van der Waals surface area (Å²) in [5, 5.41) is 3.39. The first-order valence-electron chi connectivity index (χ1n) is 5.82. The molecule has 1 rings (SSSR count). The van der Waals surface area contributed by atoms with Crippen molar-refractivity contribution in [2.45, 2.75) is 19.1 Å². The van der Waals surface area contributed by atoms with Crippen LogP contribution in [0.25, 0.3) is 0 Å². The van der Waals surface area contributed by atoms with E-state index in [1.54, 1.807) is 6.26 Å².